The molecule has 0 aromatic rings. The Morgan fingerprint density at radius 3 is 2.29 bits per heavy atom. The zero-order valence-electron chi connectivity index (χ0n) is 13.6. The average molecular weight is 312 g/mol. The number of hydrogen-bond acceptors (Lipinski definition) is 4. The lowest BCUT2D eigenvalue weighted by atomic mass is 10.00. The van der Waals surface area contributed by atoms with E-state index in [1.165, 1.54) is 96.5 Å². The Balaban J connectivity index is 1.28. The molecule has 3 rings (SSSR count). The van der Waals surface area contributed by atoms with Crippen LogP contribution in [0.15, 0.2) is 0 Å². The summed E-state index contributed by atoms with van der Waals surface area (Å²) >= 11 is 2.23. The van der Waals surface area contributed by atoms with Gasteiger partial charge in [0, 0.05) is 23.6 Å². The molecule has 3 heterocycles. The Kier molecular flexibility index (Phi) is 6.71. The van der Waals surface area contributed by atoms with Gasteiger partial charge >= 0.3 is 0 Å². The lowest BCUT2D eigenvalue weighted by Gasteiger charge is -2.40. The highest BCUT2D eigenvalue weighted by Crippen LogP contribution is 2.23. The first kappa shape index (κ1) is 16.1. The fourth-order valence-electron chi connectivity index (χ4n) is 4.10. The zero-order chi connectivity index (χ0) is 14.3. The van der Waals surface area contributed by atoms with Gasteiger partial charge < -0.3 is 15.1 Å². The van der Waals surface area contributed by atoms with Crippen LogP contribution in [0.4, 0.5) is 0 Å². The fraction of sp³-hybridized carbons (Fsp3) is 1.00. The van der Waals surface area contributed by atoms with Crippen LogP contribution in [0.1, 0.15) is 44.9 Å². The molecule has 0 radical (unpaired) electrons. The first-order chi connectivity index (χ1) is 10.4. The van der Waals surface area contributed by atoms with Gasteiger partial charge in [0.2, 0.25) is 0 Å². The molecule has 0 unspecified atom stereocenters. The molecule has 0 aromatic heterocycles. The van der Waals surface area contributed by atoms with Gasteiger partial charge in [0.15, 0.2) is 0 Å². The van der Waals surface area contributed by atoms with Gasteiger partial charge in [0.05, 0.1) is 0 Å². The summed E-state index contributed by atoms with van der Waals surface area (Å²) < 4.78 is 0. The van der Waals surface area contributed by atoms with Crippen LogP contribution in [0.25, 0.3) is 0 Å². The van der Waals surface area contributed by atoms with Crippen LogP contribution in [-0.4, -0.2) is 72.7 Å². The van der Waals surface area contributed by atoms with Crippen LogP contribution in [0.3, 0.4) is 0 Å². The van der Waals surface area contributed by atoms with Crippen LogP contribution in [0, 0.1) is 0 Å². The Hall–Kier alpha value is 0.230. The quantitative estimate of drug-likeness (QED) is 0.840. The van der Waals surface area contributed by atoms with Crippen molar-refractivity contribution in [2.45, 2.75) is 56.2 Å². The van der Waals surface area contributed by atoms with Gasteiger partial charge in [-0.25, -0.2) is 0 Å². The van der Waals surface area contributed by atoms with E-state index in [0.29, 0.717) is 0 Å². The molecular weight excluding hydrogens is 278 g/mol. The molecule has 0 amide bonds. The molecule has 3 fully saturated rings. The van der Waals surface area contributed by atoms with Crippen molar-refractivity contribution in [1.82, 2.24) is 15.1 Å². The van der Waals surface area contributed by atoms with Crippen molar-refractivity contribution in [2.24, 2.45) is 0 Å². The zero-order valence-corrected chi connectivity index (χ0v) is 14.4. The molecule has 21 heavy (non-hydrogen) atoms. The number of rotatable bonds is 5. The van der Waals surface area contributed by atoms with Gasteiger partial charge in [0.1, 0.15) is 0 Å². The van der Waals surface area contributed by atoms with E-state index < -0.39 is 0 Å². The molecule has 1 N–H and O–H groups in total. The molecular formula is C17H33N3S. The first-order valence-electron chi connectivity index (χ1n) is 9.20. The van der Waals surface area contributed by atoms with Crippen LogP contribution in [0.5, 0.6) is 0 Å². The van der Waals surface area contributed by atoms with Gasteiger partial charge in [-0.15, -0.1) is 0 Å². The second-order valence-electron chi connectivity index (χ2n) is 6.99. The predicted octanol–water partition coefficient (Wildman–Crippen LogP) is 2.42. The third-order valence-corrected chi connectivity index (χ3v) is 6.87. The molecule has 3 aliphatic rings. The third kappa shape index (κ3) is 5.12. The average Bonchev–Trinajstić information content (AvgIpc) is 2.57. The lowest BCUT2D eigenvalue weighted by molar-refractivity contribution is 0.0954. The van der Waals surface area contributed by atoms with E-state index in [1.807, 2.05) is 0 Å². The Bertz CT molecular complexity index is 277. The van der Waals surface area contributed by atoms with Gasteiger partial charge in [-0.05, 0) is 77.8 Å². The molecule has 3 saturated heterocycles. The lowest BCUT2D eigenvalue weighted by Crippen LogP contribution is -2.47. The van der Waals surface area contributed by atoms with Gasteiger partial charge in [-0.1, -0.05) is 6.42 Å². The van der Waals surface area contributed by atoms with Gasteiger partial charge in [0.25, 0.3) is 0 Å². The minimum absolute atomic E-state index is 0.902. The second kappa shape index (κ2) is 8.76. The Morgan fingerprint density at radius 1 is 0.857 bits per heavy atom. The normalized spacial score (nSPS) is 28.0. The van der Waals surface area contributed by atoms with Crippen molar-refractivity contribution in [1.29, 1.82) is 0 Å². The van der Waals surface area contributed by atoms with Crippen LogP contribution in [0.2, 0.25) is 0 Å². The molecule has 0 spiro atoms. The minimum atomic E-state index is 0.902. The van der Waals surface area contributed by atoms with E-state index >= 15 is 0 Å². The van der Waals surface area contributed by atoms with E-state index in [9.17, 15) is 0 Å². The van der Waals surface area contributed by atoms with E-state index in [4.69, 9.17) is 0 Å². The molecule has 3 nitrogen and oxygen atoms in total. The highest BCUT2D eigenvalue weighted by Gasteiger charge is 2.25. The number of thioether (sulfide) groups is 1. The summed E-state index contributed by atoms with van der Waals surface area (Å²) in [7, 11) is 0. The number of nitrogens with zero attached hydrogens (tertiary/aromatic N) is 2. The molecule has 0 atom stereocenters. The topological polar surface area (TPSA) is 18.5 Å². The number of piperidine rings is 3. The van der Waals surface area contributed by atoms with Crippen molar-refractivity contribution in [3.63, 3.8) is 0 Å². The predicted molar refractivity (Wildman–Crippen MR) is 93.2 cm³/mol. The second-order valence-corrected chi connectivity index (χ2v) is 8.40. The molecule has 4 heteroatoms. The molecule has 3 aliphatic heterocycles. The molecule has 122 valence electrons. The molecule has 0 bridgehead atoms. The van der Waals surface area contributed by atoms with E-state index in [0.717, 1.165) is 11.3 Å². The van der Waals surface area contributed by atoms with Crippen molar-refractivity contribution >= 4 is 11.8 Å². The standard InChI is InChI=1S/C17H33N3S/c1-2-10-20(11-3-1)16-6-12-19(13-7-16)14-15-21-17-4-8-18-9-5-17/h16-18H,1-15H2. The van der Waals surface area contributed by atoms with Crippen molar-refractivity contribution < 1.29 is 0 Å². The summed E-state index contributed by atoms with van der Waals surface area (Å²) in [6.07, 6.45) is 9.92. The summed E-state index contributed by atoms with van der Waals surface area (Å²) in [5.74, 6) is 1.35. The highest BCUT2D eigenvalue weighted by molar-refractivity contribution is 7.99. The maximum Gasteiger partial charge on any atom is 0.0120 e. The van der Waals surface area contributed by atoms with Gasteiger partial charge in [-0.2, -0.15) is 11.8 Å². The van der Waals surface area contributed by atoms with Gasteiger partial charge in [-0.3, -0.25) is 0 Å². The largest absolute Gasteiger partial charge is 0.317 e. The first-order valence-corrected chi connectivity index (χ1v) is 10.3. The number of hydrogen-bond donors (Lipinski definition) is 1. The maximum atomic E-state index is 3.46. The third-order valence-electron chi connectivity index (χ3n) is 5.51. The van der Waals surface area contributed by atoms with Crippen molar-refractivity contribution in [3.8, 4) is 0 Å². The summed E-state index contributed by atoms with van der Waals surface area (Å²) in [5, 5.41) is 4.39. The van der Waals surface area contributed by atoms with E-state index in [1.54, 1.807) is 0 Å². The highest BCUT2D eigenvalue weighted by atomic mass is 32.2. The molecule has 0 aliphatic carbocycles. The molecule has 0 aromatic carbocycles. The maximum absolute atomic E-state index is 3.46. The smallest absolute Gasteiger partial charge is 0.0120 e. The minimum Gasteiger partial charge on any atom is -0.317 e. The number of nitrogens with one attached hydrogen (secondary N) is 1. The van der Waals surface area contributed by atoms with E-state index in [-0.39, 0.29) is 0 Å². The van der Waals surface area contributed by atoms with Crippen molar-refractivity contribution in [2.75, 3.05) is 51.6 Å². The van der Waals surface area contributed by atoms with E-state index in [2.05, 4.69) is 26.9 Å². The Morgan fingerprint density at radius 2 is 1.57 bits per heavy atom. The summed E-state index contributed by atoms with van der Waals surface area (Å²) in [5.41, 5.74) is 0. The monoisotopic (exact) mass is 311 g/mol. The Labute approximate surface area is 135 Å². The summed E-state index contributed by atoms with van der Waals surface area (Å²) in [6.45, 7) is 9.22. The summed E-state index contributed by atoms with van der Waals surface area (Å²) in [4.78, 5) is 5.50. The number of likely N-dealkylation sites (tertiary alicyclic amines) is 2. The SMILES string of the molecule is C1CCN(C2CCN(CCSC3CCNCC3)CC2)CC1. The van der Waals surface area contributed by atoms with Crippen LogP contribution in [-0.2, 0) is 0 Å². The van der Waals surface area contributed by atoms with Crippen LogP contribution < -0.4 is 5.32 Å². The molecule has 0 saturated carbocycles. The summed E-state index contributed by atoms with van der Waals surface area (Å²) in [6, 6.07) is 0.902. The van der Waals surface area contributed by atoms with Crippen LogP contribution >= 0.6 is 11.8 Å². The fourth-order valence-corrected chi connectivity index (χ4v) is 5.37. The van der Waals surface area contributed by atoms with Crippen molar-refractivity contribution in [3.05, 3.63) is 0 Å².